The molecule has 0 saturated heterocycles. The minimum absolute atomic E-state index is 0.0604. The fraction of sp³-hybridized carbons (Fsp3) is 0.562. The van der Waals surface area contributed by atoms with Crippen LogP contribution in [0.25, 0.3) is 0 Å². The van der Waals surface area contributed by atoms with E-state index in [9.17, 15) is 18.0 Å². The maximum atomic E-state index is 12.4. The quantitative estimate of drug-likeness (QED) is 0.789. The zero-order chi connectivity index (χ0) is 15.9. The number of hydrogen-bond donors (Lipinski definition) is 1. The van der Waals surface area contributed by atoms with Crippen LogP contribution in [0.1, 0.15) is 43.7 Å². The Morgan fingerprint density at radius 1 is 1.19 bits per heavy atom. The molecule has 1 atom stereocenters. The average molecular weight is 301 g/mol. The summed E-state index contributed by atoms with van der Waals surface area (Å²) in [6, 6.07) is 4.79. The molecule has 0 aliphatic rings. The molecule has 0 fully saturated rings. The van der Waals surface area contributed by atoms with Gasteiger partial charge in [-0.15, -0.1) is 0 Å². The van der Waals surface area contributed by atoms with E-state index in [2.05, 4.69) is 6.92 Å². The molecular formula is C16H22F3NO. The molecule has 0 radical (unpaired) electrons. The zero-order valence-corrected chi connectivity index (χ0v) is 12.2. The van der Waals surface area contributed by atoms with Crippen molar-refractivity contribution < 1.29 is 18.0 Å². The van der Waals surface area contributed by atoms with E-state index in [-0.39, 0.29) is 12.2 Å². The first-order chi connectivity index (χ1) is 9.86. The van der Waals surface area contributed by atoms with E-state index >= 15 is 0 Å². The zero-order valence-electron chi connectivity index (χ0n) is 12.2. The smallest absolute Gasteiger partial charge is 0.330 e. The van der Waals surface area contributed by atoms with Crippen molar-refractivity contribution in [1.29, 1.82) is 0 Å². The summed E-state index contributed by atoms with van der Waals surface area (Å²) in [7, 11) is 0. The van der Waals surface area contributed by atoms with E-state index in [0.717, 1.165) is 31.4 Å². The third kappa shape index (κ3) is 6.29. The van der Waals surface area contributed by atoms with Crippen molar-refractivity contribution in [3.05, 3.63) is 35.4 Å². The molecule has 1 aromatic carbocycles. The molecule has 0 aliphatic carbocycles. The van der Waals surface area contributed by atoms with Gasteiger partial charge in [-0.1, -0.05) is 25.5 Å². The maximum Gasteiger partial charge on any atom is 0.416 e. The third-order valence-electron chi connectivity index (χ3n) is 3.67. The van der Waals surface area contributed by atoms with Gasteiger partial charge in [-0.05, 0) is 43.0 Å². The monoisotopic (exact) mass is 301 g/mol. The van der Waals surface area contributed by atoms with Crippen LogP contribution in [0.3, 0.4) is 0 Å². The van der Waals surface area contributed by atoms with Gasteiger partial charge in [0.05, 0.1) is 5.56 Å². The molecule has 1 rings (SSSR count). The summed E-state index contributed by atoms with van der Waals surface area (Å²) in [5.74, 6) is 0.511. The number of benzene rings is 1. The standard InChI is InChI=1S/C16H22F3NO/c1-2-12(9-10-20)5-8-15(21)11-13-3-6-14(7-4-13)16(17,18)19/h3-4,6-7,12H,2,5,8-11,20H2,1H3. The van der Waals surface area contributed by atoms with E-state index in [4.69, 9.17) is 5.73 Å². The van der Waals surface area contributed by atoms with Crippen molar-refractivity contribution in [3.63, 3.8) is 0 Å². The van der Waals surface area contributed by atoms with Crippen molar-refractivity contribution in [1.82, 2.24) is 0 Å². The number of rotatable bonds is 8. The molecule has 0 bridgehead atoms. The molecule has 1 aromatic rings. The van der Waals surface area contributed by atoms with Crippen LogP contribution in [0.4, 0.5) is 13.2 Å². The summed E-state index contributed by atoms with van der Waals surface area (Å²) >= 11 is 0. The number of carbonyl (C=O) groups excluding carboxylic acids is 1. The lowest BCUT2D eigenvalue weighted by molar-refractivity contribution is -0.137. The Morgan fingerprint density at radius 2 is 1.81 bits per heavy atom. The van der Waals surface area contributed by atoms with Crippen LogP contribution in [-0.4, -0.2) is 12.3 Å². The largest absolute Gasteiger partial charge is 0.416 e. The highest BCUT2D eigenvalue weighted by Gasteiger charge is 2.29. The summed E-state index contributed by atoms with van der Waals surface area (Å²) in [6.07, 6.45) is -0.988. The number of halogens is 3. The van der Waals surface area contributed by atoms with Gasteiger partial charge in [0, 0.05) is 12.8 Å². The van der Waals surface area contributed by atoms with Crippen LogP contribution in [0.15, 0.2) is 24.3 Å². The normalized spacial score (nSPS) is 13.2. The van der Waals surface area contributed by atoms with Crippen molar-refractivity contribution in [2.45, 2.75) is 45.2 Å². The highest BCUT2D eigenvalue weighted by Crippen LogP contribution is 2.29. The van der Waals surface area contributed by atoms with Gasteiger partial charge in [0.15, 0.2) is 0 Å². The van der Waals surface area contributed by atoms with Crippen LogP contribution in [0, 0.1) is 5.92 Å². The molecule has 0 spiro atoms. The second-order valence-corrected chi connectivity index (χ2v) is 5.30. The van der Waals surface area contributed by atoms with Gasteiger partial charge < -0.3 is 5.73 Å². The first kappa shape index (κ1) is 17.7. The number of nitrogens with two attached hydrogens (primary N) is 1. The van der Waals surface area contributed by atoms with Gasteiger partial charge in [-0.25, -0.2) is 0 Å². The van der Waals surface area contributed by atoms with E-state index in [1.807, 2.05) is 0 Å². The van der Waals surface area contributed by atoms with E-state index in [0.29, 0.717) is 24.4 Å². The number of hydrogen-bond acceptors (Lipinski definition) is 2. The van der Waals surface area contributed by atoms with E-state index in [1.54, 1.807) is 0 Å². The number of Topliss-reactive ketones (excluding diaryl/α,β-unsaturated/α-hetero) is 1. The lowest BCUT2D eigenvalue weighted by atomic mass is 9.94. The molecule has 118 valence electrons. The fourth-order valence-corrected chi connectivity index (χ4v) is 2.28. The van der Waals surface area contributed by atoms with Crippen LogP contribution in [-0.2, 0) is 17.4 Å². The summed E-state index contributed by atoms with van der Waals surface area (Å²) in [5, 5.41) is 0. The summed E-state index contributed by atoms with van der Waals surface area (Å²) in [5.41, 5.74) is 5.44. The predicted octanol–water partition coefficient (Wildman–Crippen LogP) is 3.97. The molecule has 0 aromatic heterocycles. The van der Waals surface area contributed by atoms with Crippen molar-refractivity contribution >= 4 is 5.78 Å². The van der Waals surface area contributed by atoms with Gasteiger partial charge in [-0.2, -0.15) is 13.2 Å². The van der Waals surface area contributed by atoms with E-state index in [1.165, 1.54) is 12.1 Å². The van der Waals surface area contributed by atoms with E-state index < -0.39 is 11.7 Å². The second kappa shape index (κ2) is 8.17. The molecule has 2 nitrogen and oxygen atoms in total. The van der Waals surface area contributed by atoms with Gasteiger partial charge in [0.2, 0.25) is 0 Å². The Morgan fingerprint density at radius 3 is 2.29 bits per heavy atom. The Labute approximate surface area is 123 Å². The number of alkyl halides is 3. The molecule has 0 aliphatic heterocycles. The minimum atomic E-state index is -4.33. The first-order valence-electron chi connectivity index (χ1n) is 7.24. The Balaban J connectivity index is 2.48. The molecule has 5 heteroatoms. The van der Waals surface area contributed by atoms with Crippen molar-refractivity contribution in [3.8, 4) is 0 Å². The molecular weight excluding hydrogens is 279 g/mol. The van der Waals surface area contributed by atoms with Crippen LogP contribution in [0.2, 0.25) is 0 Å². The van der Waals surface area contributed by atoms with Gasteiger partial charge in [0.25, 0.3) is 0 Å². The highest BCUT2D eigenvalue weighted by molar-refractivity contribution is 5.80. The van der Waals surface area contributed by atoms with Crippen molar-refractivity contribution in [2.75, 3.05) is 6.54 Å². The van der Waals surface area contributed by atoms with Crippen molar-refractivity contribution in [2.24, 2.45) is 11.7 Å². The minimum Gasteiger partial charge on any atom is -0.330 e. The van der Waals surface area contributed by atoms with Crippen LogP contribution in [0.5, 0.6) is 0 Å². The fourth-order valence-electron chi connectivity index (χ4n) is 2.28. The second-order valence-electron chi connectivity index (χ2n) is 5.30. The number of ketones is 1. The highest BCUT2D eigenvalue weighted by atomic mass is 19.4. The van der Waals surface area contributed by atoms with Crippen LogP contribution >= 0.6 is 0 Å². The third-order valence-corrected chi connectivity index (χ3v) is 3.67. The number of carbonyl (C=O) groups is 1. The molecule has 1 unspecified atom stereocenters. The van der Waals surface area contributed by atoms with Gasteiger partial charge in [-0.3, -0.25) is 4.79 Å². The molecule has 0 saturated carbocycles. The Kier molecular flexibility index (Phi) is 6.89. The maximum absolute atomic E-state index is 12.4. The summed E-state index contributed by atoms with van der Waals surface area (Å²) in [6.45, 7) is 2.69. The van der Waals surface area contributed by atoms with Gasteiger partial charge >= 0.3 is 6.18 Å². The molecule has 21 heavy (non-hydrogen) atoms. The van der Waals surface area contributed by atoms with Crippen LogP contribution < -0.4 is 5.73 Å². The molecule has 2 N–H and O–H groups in total. The summed E-state index contributed by atoms with van der Waals surface area (Å²) < 4.78 is 37.3. The lowest BCUT2D eigenvalue weighted by Crippen LogP contribution is -2.11. The Hall–Kier alpha value is -1.36. The first-order valence-corrected chi connectivity index (χ1v) is 7.24. The topological polar surface area (TPSA) is 43.1 Å². The SMILES string of the molecule is CCC(CCN)CCC(=O)Cc1ccc(C(F)(F)F)cc1. The average Bonchev–Trinajstić information content (AvgIpc) is 2.43. The molecule has 0 heterocycles. The lowest BCUT2D eigenvalue weighted by Gasteiger charge is -2.12. The summed E-state index contributed by atoms with van der Waals surface area (Å²) in [4.78, 5) is 11.9. The Bertz CT molecular complexity index is 440. The van der Waals surface area contributed by atoms with Gasteiger partial charge in [0.1, 0.15) is 5.78 Å². The predicted molar refractivity (Wildman–Crippen MR) is 76.8 cm³/mol. The molecule has 0 amide bonds.